The molecule has 1 atom stereocenters. The first-order valence-corrected chi connectivity index (χ1v) is 5.96. The number of halogens is 4. The van der Waals surface area contributed by atoms with Gasteiger partial charge in [-0.2, -0.15) is 13.2 Å². The van der Waals surface area contributed by atoms with Crippen molar-refractivity contribution in [2.24, 2.45) is 0 Å². The van der Waals surface area contributed by atoms with E-state index in [1.54, 1.807) is 0 Å². The topological polar surface area (TPSA) is 34.1 Å². The van der Waals surface area contributed by atoms with Crippen LogP contribution in [0.25, 0.3) is 0 Å². The van der Waals surface area contributed by atoms with Crippen LogP contribution in [0, 0.1) is 0 Å². The molecule has 7 heteroatoms. The third-order valence-electron chi connectivity index (χ3n) is 1.70. The Bertz CT molecular complexity index is 457. The van der Waals surface area contributed by atoms with Gasteiger partial charge in [-0.1, -0.05) is 15.9 Å². The summed E-state index contributed by atoms with van der Waals surface area (Å²) in [6.07, 6.45) is 0. The molecule has 0 aliphatic rings. The molecule has 0 aromatic heterocycles. The van der Waals surface area contributed by atoms with Crippen LogP contribution in [0.15, 0.2) is 27.6 Å². The highest BCUT2D eigenvalue weighted by atomic mass is 79.9. The lowest BCUT2D eigenvalue weighted by molar-refractivity contribution is -0.0384. The maximum atomic E-state index is 12.2. The van der Waals surface area contributed by atoms with Crippen molar-refractivity contribution in [2.75, 3.05) is 0 Å². The molecule has 0 saturated heterocycles. The minimum absolute atomic E-state index is 0.0852. The lowest BCUT2D eigenvalue weighted by Gasteiger charge is -2.07. The number of hydrogen-bond donors (Lipinski definition) is 0. The van der Waals surface area contributed by atoms with E-state index in [4.69, 9.17) is 0 Å². The van der Waals surface area contributed by atoms with Crippen molar-refractivity contribution in [1.82, 2.24) is 0 Å². The average Bonchev–Trinajstić information content (AvgIpc) is 2.14. The van der Waals surface area contributed by atoms with E-state index in [-0.39, 0.29) is 15.8 Å². The average molecular weight is 315 g/mol. The fourth-order valence-electron chi connectivity index (χ4n) is 1.01. The molecule has 2 nitrogen and oxygen atoms in total. The van der Waals surface area contributed by atoms with Gasteiger partial charge in [0, 0.05) is 14.9 Å². The Labute approximate surface area is 100 Å². The predicted octanol–water partition coefficient (Wildman–Crippen LogP) is 3.28. The second-order valence-corrected chi connectivity index (χ2v) is 5.33. The summed E-state index contributed by atoms with van der Waals surface area (Å²) >= 11 is 2.96. The lowest BCUT2D eigenvalue weighted by Crippen LogP contribution is -2.16. The number of carbonyl (C=O) groups is 1. The molecular formula is C9H6BrF3O2S. The smallest absolute Gasteiger partial charge is 0.295 e. The Morgan fingerprint density at radius 1 is 1.31 bits per heavy atom. The molecule has 16 heavy (non-hydrogen) atoms. The van der Waals surface area contributed by atoms with Gasteiger partial charge < -0.3 is 0 Å². The Hall–Kier alpha value is -0.690. The van der Waals surface area contributed by atoms with Crippen molar-refractivity contribution in [1.29, 1.82) is 0 Å². The lowest BCUT2D eigenvalue weighted by atomic mass is 10.2. The number of benzene rings is 1. The van der Waals surface area contributed by atoms with E-state index >= 15 is 0 Å². The minimum Gasteiger partial charge on any atom is -0.295 e. The molecule has 0 aliphatic carbocycles. The zero-order valence-corrected chi connectivity index (χ0v) is 10.4. The number of hydrogen-bond acceptors (Lipinski definition) is 2. The van der Waals surface area contributed by atoms with Gasteiger partial charge in [-0.25, -0.2) is 4.21 Å². The number of Topliss-reactive ketones (excluding diaryl/α,β-unsaturated/α-hetero) is 1. The molecule has 88 valence electrons. The third-order valence-corrected chi connectivity index (χ3v) is 3.24. The van der Waals surface area contributed by atoms with E-state index in [1.165, 1.54) is 13.0 Å². The van der Waals surface area contributed by atoms with Crippen molar-refractivity contribution >= 4 is 32.5 Å². The normalized spacial score (nSPS) is 13.6. The van der Waals surface area contributed by atoms with Crippen LogP contribution in [0.4, 0.5) is 13.2 Å². The monoisotopic (exact) mass is 314 g/mol. The number of rotatable bonds is 2. The quantitative estimate of drug-likeness (QED) is 0.785. The first-order chi connectivity index (χ1) is 7.21. The molecule has 0 N–H and O–H groups in total. The molecule has 0 aliphatic heterocycles. The van der Waals surface area contributed by atoms with Crippen molar-refractivity contribution < 1.29 is 22.2 Å². The van der Waals surface area contributed by atoms with Gasteiger partial charge in [0.1, 0.15) is 0 Å². The Balaban J connectivity index is 3.26. The maximum Gasteiger partial charge on any atom is 0.475 e. The molecule has 0 bridgehead atoms. The summed E-state index contributed by atoms with van der Waals surface area (Å²) in [5.74, 6) is -0.387. The molecule has 1 rings (SSSR count). The fourth-order valence-corrected chi connectivity index (χ4v) is 2.39. The van der Waals surface area contributed by atoms with Crippen LogP contribution < -0.4 is 0 Å². The number of alkyl halides is 3. The molecular weight excluding hydrogens is 309 g/mol. The predicted molar refractivity (Wildman–Crippen MR) is 56.6 cm³/mol. The summed E-state index contributed by atoms with van der Waals surface area (Å²) in [6, 6.07) is 3.44. The second kappa shape index (κ2) is 4.67. The van der Waals surface area contributed by atoms with Crippen molar-refractivity contribution in [3.8, 4) is 0 Å². The van der Waals surface area contributed by atoms with Crippen LogP contribution in [0.2, 0.25) is 0 Å². The largest absolute Gasteiger partial charge is 0.475 e. The van der Waals surface area contributed by atoms with Gasteiger partial charge in [0.25, 0.3) is 0 Å². The van der Waals surface area contributed by atoms with Gasteiger partial charge in [-0.3, -0.25) is 4.79 Å². The summed E-state index contributed by atoms with van der Waals surface area (Å²) in [5, 5.41) is 0. The zero-order chi connectivity index (χ0) is 12.5. The Kier molecular flexibility index (Phi) is 3.90. The van der Waals surface area contributed by atoms with Crippen LogP contribution in [-0.2, 0) is 10.8 Å². The van der Waals surface area contributed by atoms with Gasteiger partial charge in [0.05, 0.1) is 0 Å². The molecule has 1 aromatic rings. The number of ketones is 1. The van der Waals surface area contributed by atoms with E-state index in [9.17, 15) is 22.2 Å². The zero-order valence-electron chi connectivity index (χ0n) is 7.97. The first-order valence-electron chi connectivity index (χ1n) is 4.02. The van der Waals surface area contributed by atoms with Crippen molar-refractivity contribution in [3.05, 3.63) is 28.2 Å². The van der Waals surface area contributed by atoms with E-state index < -0.39 is 21.2 Å². The molecule has 0 amide bonds. The highest BCUT2D eigenvalue weighted by Crippen LogP contribution is 2.28. The highest BCUT2D eigenvalue weighted by molar-refractivity contribution is 9.10. The molecule has 0 heterocycles. The summed E-state index contributed by atoms with van der Waals surface area (Å²) in [7, 11) is -3.12. The van der Waals surface area contributed by atoms with Gasteiger partial charge in [-0.15, -0.1) is 0 Å². The first kappa shape index (κ1) is 13.4. The molecule has 0 radical (unpaired) electrons. The van der Waals surface area contributed by atoms with Crippen LogP contribution >= 0.6 is 15.9 Å². The fraction of sp³-hybridized carbons (Fsp3) is 0.222. The SMILES string of the molecule is CC(=O)c1cc(Br)cc(S(=O)C(F)(F)F)c1. The Morgan fingerprint density at radius 2 is 1.88 bits per heavy atom. The van der Waals surface area contributed by atoms with E-state index in [0.717, 1.165) is 12.1 Å². The minimum atomic E-state index is -4.82. The molecule has 0 saturated carbocycles. The summed E-state index contributed by atoms with van der Waals surface area (Å²) < 4.78 is 47.9. The van der Waals surface area contributed by atoms with Crippen LogP contribution in [0.5, 0.6) is 0 Å². The molecule has 0 fully saturated rings. The van der Waals surface area contributed by atoms with Gasteiger partial charge in [0.15, 0.2) is 16.6 Å². The van der Waals surface area contributed by atoms with E-state index in [1.807, 2.05) is 0 Å². The maximum absolute atomic E-state index is 12.2. The number of carbonyl (C=O) groups excluding carboxylic acids is 1. The summed E-state index contributed by atoms with van der Waals surface area (Å²) in [6.45, 7) is 1.22. The van der Waals surface area contributed by atoms with Crippen molar-refractivity contribution in [3.63, 3.8) is 0 Å². The standard InChI is InChI=1S/C9H6BrF3O2S/c1-5(14)6-2-7(10)4-8(3-6)16(15)9(11,12)13/h2-4H,1H3. The van der Waals surface area contributed by atoms with Crippen LogP contribution in [-0.4, -0.2) is 15.5 Å². The molecule has 1 aromatic carbocycles. The molecule has 0 spiro atoms. The molecule has 1 unspecified atom stereocenters. The van der Waals surface area contributed by atoms with Crippen LogP contribution in [0.3, 0.4) is 0 Å². The second-order valence-electron chi connectivity index (χ2n) is 2.95. The summed E-state index contributed by atoms with van der Waals surface area (Å²) in [5.41, 5.74) is -4.74. The summed E-state index contributed by atoms with van der Waals surface area (Å²) in [4.78, 5) is 10.6. The van der Waals surface area contributed by atoms with E-state index in [0.29, 0.717) is 0 Å². The third kappa shape index (κ3) is 3.15. The Morgan fingerprint density at radius 3 is 2.31 bits per heavy atom. The highest BCUT2D eigenvalue weighted by Gasteiger charge is 2.38. The van der Waals surface area contributed by atoms with Gasteiger partial charge in [0.2, 0.25) is 0 Å². The van der Waals surface area contributed by atoms with Crippen molar-refractivity contribution in [2.45, 2.75) is 17.3 Å². The van der Waals surface area contributed by atoms with Gasteiger partial charge >= 0.3 is 5.51 Å². The van der Waals surface area contributed by atoms with Gasteiger partial charge in [-0.05, 0) is 25.1 Å². The van der Waals surface area contributed by atoms with Crippen LogP contribution in [0.1, 0.15) is 17.3 Å². The van der Waals surface area contributed by atoms with E-state index in [2.05, 4.69) is 15.9 Å².